The first-order chi connectivity index (χ1) is 14.9. The largest absolute Gasteiger partial charge is 0.468 e. The molecule has 0 aliphatic carbocycles. The molecule has 1 aliphatic rings. The van der Waals surface area contributed by atoms with Crippen LogP contribution in [0.2, 0.25) is 0 Å². The molecule has 0 saturated heterocycles. The third-order valence-electron chi connectivity index (χ3n) is 4.79. The number of carbonyl (C=O) groups excluding carboxylic acids is 3. The molecule has 0 bridgehead atoms. The molecule has 0 aromatic heterocycles. The minimum absolute atomic E-state index is 0.0147. The summed E-state index contributed by atoms with van der Waals surface area (Å²) >= 11 is 1.05. The van der Waals surface area contributed by atoms with Gasteiger partial charge in [-0.2, -0.15) is 5.26 Å². The molecule has 0 fully saturated rings. The summed E-state index contributed by atoms with van der Waals surface area (Å²) in [5.74, 6) is -3.57. The monoisotopic (exact) mass is 435 g/mol. The Kier molecular flexibility index (Phi) is 7.11. The fraction of sp³-hybridized carbons (Fsp3) is 0.217. The van der Waals surface area contributed by atoms with E-state index in [0.29, 0.717) is 11.3 Å². The summed E-state index contributed by atoms with van der Waals surface area (Å²) in [4.78, 5) is 37.5. The lowest BCUT2D eigenvalue weighted by Gasteiger charge is -2.30. The van der Waals surface area contributed by atoms with Crippen LogP contribution >= 0.6 is 11.8 Å². The molecule has 0 radical (unpaired) electrons. The predicted molar refractivity (Wildman–Crippen MR) is 118 cm³/mol. The molecular formula is C23H21N3O4S. The first-order valence-electron chi connectivity index (χ1n) is 9.51. The summed E-state index contributed by atoms with van der Waals surface area (Å²) in [6, 6.07) is 18.4. The molecule has 2 atom stereocenters. The smallest absolute Gasteiger partial charge is 0.319 e. The minimum atomic E-state index is -1.19. The van der Waals surface area contributed by atoms with Crippen molar-refractivity contribution in [3.63, 3.8) is 0 Å². The highest BCUT2D eigenvalue weighted by Gasteiger charge is 2.44. The van der Waals surface area contributed by atoms with E-state index in [1.807, 2.05) is 25.1 Å². The summed E-state index contributed by atoms with van der Waals surface area (Å²) in [5.41, 5.74) is 2.54. The van der Waals surface area contributed by atoms with Gasteiger partial charge in [-0.3, -0.25) is 14.4 Å². The van der Waals surface area contributed by atoms with Crippen LogP contribution in [0.1, 0.15) is 17.0 Å². The van der Waals surface area contributed by atoms with Crippen molar-refractivity contribution in [3.8, 4) is 6.07 Å². The second kappa shape index (κ2) is 9.96. The molecule has 0 unspecified atom stereocenters. The van der Waals surface area contributed by atoms with Crippen molar-refractivity contribution < 1.29 is 19.1 Å². The molecule has 0 spiro atoms. The zero-order valence-corrected chi connectivity index (χ0v) is 17.9. The van der Waals surface area contributed by atoms with Crippen molar-refractivity contribution >= 4 is 35.2 Å². The van der Waals surface area contributed by atoms with Crippen molar-refractivity contribution in [2.45, 2.75) is 12.8 Å². The van der Waals surface area contributed by atoms with Gasteiger partial charge in [0.05, 0.1) is 29.5 Å². The van der Waals surface area contributed by atoms with Crippen molar-refractivity contribution in [1.82, 2.24) is 5.32 Å². The lowest BCUT2D eigenvalue weighted by atomic mass is 9.78. The van der Waals surface area contributed by atoms with Crippen LogP contribution in [0.15, 0.2) is 65.2 Å². The van der Waals surface area contributed by atoms with E-state index < -0.39 is 23.7 Å². The van der Waals surface area contributed by atoms with E-state index in [1.54, 1.807) is 36.4 Å². The van der Waals surface area contributed by atoms with Gasteiger partial charge in [0.2, 0.25) is 11.8 Å². The van der Waals surface area contributed by atoms with Gasteiger partial charge in [0.15, 0.2) is 0 Å². The van der Waals surface area contributed by atoms with Crippen molar-refractivity contribution in [2.24, 2.45) is 5.92 Å². The summed E-state index contributed by atoms with van der Waals surface area (Å²) in [5, 5.41) is 15.5. The normalized spacial score (nSPS) is 18.0. The molecule has 2 aromatic rings. The van der Waals surface area contributed by atoms with Gasteiger partial charge in [-0.1, -0.05) is 54.2 Å². The van der Waals surface area contributed by atoms with E-state index in [1.165, 1.54) is 7.11 Å². The molecule has 1 heterocycles. The first-order valence-corrected chi connectivity index (χ1v) is 10.5. The second-order valence-corrected chi connectivity index (χ2v) is 7.92. The van der Waals surface area contributed by atoms with Crippen LogP contribution in [0.3, 0.4) is 0 Å². The van der Waals surface area contributed by atoms with E-state index in [-0.39, 0.29) is 22.3 Å². The number of carbonyl (C=O) groups is 3. The van der Waals surface area contributed by atoms with Gasteiger partial charge in [0.25, 0.3) is 0 Å². The number of anilines is 1. The highest BCUT2D eigenvalue weighted by atomic mass is 32.2. The van der Waals surface area contributed by atoms with Crippen LogP contribution in [0.25, 0.3) is 0 Å². The highest BCUT2D eigenvalue weighted by Crippen LogP contribution is 2.40. The standard InChI is InChI=1S/C23H21N3O4S/c1-14-7-6-10-16(11-14)25-18(27)13-31-22-17(12-24)19(15-8-4-3-5-9-15)20(21(28)26-22)23(29)30-2/h3-11,19-20H,13H2,1-2H3,(H,25,27)(H,26,28)/t19-,20-/m1/s1. The number of allylic oxidation sites excluding steroid dienone is 1. The zero-order chi connectivity index (χ0) is 22.4. The van der Waals surface area contributed by atoms with E-state index in [4.69, 9.17) is 4.74 Å². The molecule has 2 amide bonds. The maximum absolute atomic E-state index is 12.8. The van der Waals surface area contributed by atoms with Crippen molar-refractivity contribution in [3.05, 3.63) is 76.3 Å². The third kappa shape index (κ3) is 5.13. The first kappa shape index (κ1) is 22.1. The van der Waals surface area contributed by atoms with Gasteiger partial charge in [-0.15, -0.1) is 0 Å². The van der Waals surface area contributed by atoms with E-state index in [2.05, 4.69) is 16.7 Å². The fourth-order valence-corrected chi connectivity index (χ4v) is 4.25. The number of methoxy groups -OCH3 is 1. The molecule has 2 aromatic carbocycles. The summed E-state index contributed by atoms with van der Waals surface area (Å²) in [7, 11) is 1.20. The number of amides is 2. The average molecular weight is 436 g/mol. The van der Waals surface area contributed by atoms with Gasteiger partial charge in [0, 0.05) is 11.6 Å². The number of benzene rings is 2. The van der Waals surface area contributed by atoms with Gasteiger partial charge < -0.3 is 15.4 Å². The summed E-state index contributed by atoms with van der Waals surface area (Å²) in [6.07, 6.45) is 0. The Hall–Kier alpha value is -3.57. The molecule has 158 valence electrons. The Morgan fingerprint density at radius 3 is 2.58 bits per heavy atom. The molecule has 31 heavy (non-hydrogen) atoms. The van der Waals surface area contributed by atoms with Crippen LogP contribution in [0.5, 0.6) is 0 Å². The number of nitrogens with zero attached hydrogens (tertiary/aromatic N) is 1. The number of nitriles is 1. The molecule has 3 rings (SSSR count). The highest BCUT2D eigenvalue weighted by molar-refractivity contribution is 8.03. The lowest BCUT2D eigenvalue weighted by molar-refractivity contribution is -0.150. The number of nitrogens with one attached hydrogen (secondary N) is 2. The van der Waals surface area contributed by atoms with Gasteiger partial charge in [-0.25, -0.2) is 0 Å². The fourth-order valence-electron chi connectivity index (χ4n) is 3.40. The Bertz CT molecular complexity index is 1080. The number of ether oxygens (including phenoxy) is 1. The molecule has 2 N–H and O–H groups in total. The second-order valence-electron chi connectivity index (χ2n) is 6.94. The van der Waals surface area contributed by atoms with E-state index >= 15 is 0 Å². The molecular weight excluding hydrogens is 414 g/mol. The van der Waals surface area contributed by atoms with Gasteiger partial charge >= 0.3 is 5.97 Å². The van der Waals surface area contributed by atoms with Crippen molar-refractivity contribution in [2.75, 3.05) is 18.2 Å². The maximum Gasteiger partial charge on any atom is 0.319 e. The SMILES string of the molecule is COC(=O)[C@H]1C(=O)NC(SCC(=O)Nc2cccc(C)c2)=C(C#N)[C@H]1c1ccccc1. The Labute approximate surface area is 184 Å². The van der Waals surface area contributed by atoms with Crippen LogP contribution in [-0.2, 0) is 19.1 Å². The summed E-state index contributed by atoms with van der Waals surface area (Å²) in [6.45, 7) is 1.92. The molecule has 0 saturated carbocycles. The van der Waals surface area contributed by atoms with Crippen LogP contribution < -0.4 is 10.6 Å². The predicted octanol–water partition coefficient (Wildman–Crippen LogP) is 3.10. The number of esters is 1. The topological polar surface area (TPSA) is 108 Å². The van der Waals surface area contributed by atoms with Crippen LogP contribution in [0.4, 0.5) is 5.69 Å². The number of thioether (sulfide) groups is 1. The quantitative estimate of drug-likeness (QED) is 0.533. The maximum atomic E-state index is 12.8. The average Bonchev–Trinajstić information content (AvgIpc) is 2.77. The number of aryl methyl sites for hydroxylation is 1. The van der Waals surface area contributed by atoms with Crippen molar-refractivity contribution in [1.29, 1.82) is 5.26 Å². The lowest BCUT2D eigenvalue weighted by Crippen LogP contribution is -2.44. The number of hydrogen-bond donors (Lipinski definition) is 2. The summed E-state index contributed by atoms with van der Waals surface area (Å²) < 4.78 is 4.81. The van der Waals surface area contributed by atoms with Gasteiger partial charge in [0.1, 0.15) is 5.92 Å². The third-order valence-corrected chi connectivity index (χ3v) is 5.81. The molecule has 7 nitrogen and oxygen atoms in total. The Balaban J connectivity index is 1.86. The number of rotatable bonds is 6. The van der Waals surface area contributed by atoms with Crippen LogP contribution in [-0.4, -0.2) is 30.6 Å². The van der Waals surface area contributed by atoms with E-state index in [9.17, 15) is 19.6 Å². The Morgan fingerprint density at radius 2 is 1.94 bits per heavy atom. The zero-order valence-electron chi connectivity index (χ0n) is 17.0. The van der Waals surface area contributed by atoms with Crippen LogP contribution in [0, 0.1) is 24.2 Å². The molecule has 1 aliphatic heterocycles. The van der Waals surface area contributed by atoms with E-state index in [0.717, 1.165) is 17.3 Å². The molecule has 8 heteroatoms. The number of hydrogen-bond acceptors (Lipinski definition) is 6. The van der Waals surface area contributed by atoms with Gasteiger partial charge in [-0.05, 0) is 30.2 Å². The minimum Gasteiger partial charge on any atom is -0.468 e. The Morgan fingerprint density at radius 1 is 1.19 bits per heavy atom.